The predicted octanol–water partition coefficient (Wildman–Crippen LogP) is 0.700. The number of nitrogens with two attached hydrogens (primary N) is 1. The van der Waals surface area contributed by atoms with E-state index in [1.165, 1.54) is 31.0 Å². The van der Waals surface area contributed by atoms with E-state index in [2.05, 4.69) is 25.3 Å². The molecular formula is C20H19FN8O2. The monoisotopic (exact) mass is 422 g/mol. The second kappa shape index (κ2) is 7.13. The van der Waals surface area contributed by atoms with E-state index in [1.54, 1.807) is 22.3 Å². The highest BCUT2D eigenvalue weighted by Gasteiger charge is 2.31. The van der Waals surface area contributed by atoms with E-state index in [9.17, 15) is 14.0 Å². The lowest BCUT2D eigenvalue weighted by atomic mass is 10.1. The molecule has 4 aromatic heterocycles. The van der Waals surface area contributed by atoms with Gasteiger partial charge in [-0.3, -0.25) is 9.59 Å². The standard InChI is InChI=1S/C20H19FN8O2/c1-10(20(31)28-7-12(22)8-28)26-19(30)13-4-23-18-16(13)27-14(5-24-18)17-15-3-2-11(21)6-29(15)9-25-17/h2-6,9-10,12H,7-8,22H2,1H3,(H,23,24)(H,26,30)/t10-/m1/s1. The van der Waals surface area contributed by atoms with Crippen molar-refractivity contribution in [2.24, 2.45) is 5.73 Å². The molecule has 0 bridgehead atoms. The number of aromatic amines is 1. The number of aromatic nitrogens is 5. The molecule has 158 valence electrons. The van der Waals surface area contributed by atoms with Gasteiger partial charge in [-0.1, -0.05) is 0 Å². The number of hydrogen-bond acceptors (Lipinski definition) is 6. The number of amides is 2. The van der Waals surface area contributed by atoms with Crippen molar-refractivity contribution in [2.75, 3.05) is 13.1 Å². The van der Waals surface area contributed by atoms with Crippen LogP contribution in [0.15, 0.2) is 37.1 Å². The number of pyridine rings is 1. The number of carbonyl (C=O) groups is 2. The van der Waals surface area contributed by atoms with Crippen molar-refractivity contribution in [3.8, 4) is 11.4 Å². The molecule has 5 rings (SSSR count). The third-order valence-electron chi connectivity index (χ3n) is 5.30. The molecule has 0 unspecified atom stereocenters. The van der Waals surface area contributed by atoms with Crippen molar-refractivity contribution in [1.29, 1.82) is 0 Å². The maximum Gasteiger partial charge on any atom is 0.255 e. The Balaban J connectivity index is 1.43. The number of hydrogen-bond donors (Lipinski definition) is 3. The summed E-state index contributed by atoms with van der Waals surface area (Å²) in [5, 5.41) is 2.71. The highest BCUT2D eigenvalue weighted by molar-refractivity contribution is 6.06. The SMILES string of the molecule is C[C@@H](NC(=O)c1c[nH]c2ncc(-c3ncn4cc(F)ccc34)nc12)C(=O)N1CC(N)C1. The van der Waals surface area contributed by atoms with Gasteiger partial charge in [0, 0.05) is 31.5 Å². The fourth-order valence-corrected chi connectivity index (χ4v) is 3.65. The number of nitrogens with one attached hydrogen (secondary N) is 2. The Kier molecular flexibility index (Phi) is 4.40. The van der Waals surface area contributed by atoms with Gasteiger partial charge in [0.05, 0.1) is 17.3 Å². The van der Waals surface area contributed by atoms with E-state index in [-0.39, 0.29) is 23.3 Å². The molecule has 31 heavy (non-hydrogen) atoms. The average molecular weight is 422 g/mol. The molecule has 1 atom stereocenters. The van der Waals surface area contributed by atoms with Crippen LogP contribution in [0.25, 0.3) is 28.1 Å². The first-order valence-electron chi connectivity index (χ1n) is 9.72. The van der Waals surface area contributed by atoms with Crippen LogP contribution < -0.4 is 11.1 Å². The molecule has 0 aromatic carbocycles. The lowest BCUT2D eigenvalue weighted by Crippen LogP contribution is -2.61. The van der Waals surface area contributed by atoms with Crippen molar-refractivity contribution < 1.29 is 14.0 Å². The zero-order valence-electron chi connectivity index (χ0n) is 16.5. The highest BCUT2D eigenvalue weighted by atomic mass is 19.1. The van der Waals surface area contributed by atoms with E-state index in [0.29, 0.717) is 41.2 Å². The topological polar surface area (TPSA) is 134 Å². The minimum atomic E-state index is -0.701. The maximum absolute atomic E-state index is 13.5. The Morgan fingerprint density at radius 3 is 2.90 bits per heavy atom. The van der Waals surface area contributed by atoms with Gasteiger partial charge in [-0.25, -0.2) is 19.3 Å². The van der Waals surface area contributed by atoms with Gasteiger partial charge in [-0.2, -0.15) is 0 Å². The molecule has 5 heterocycles. The van der Waals surface area contributed by atoms with Gasteiger partial charge >= 0.3 is 0 Å². The van der Waals surface area contributed by atoms with Crippen LogP contribution in [0, 0.1) is 5.82 Å². The van der Waals surface area contributed by atoms with Crippen LogP contribution in [0.1, 0.15) is 17.3 Å². The predicted molar refractivity (Wildman–Crippen MR) is 110 cm³/mol. The molecule has 4 N–H and O–H groups in total. The minimum absolute atomic E-state index is 0.00954. The summed E-state index contributed by atoms with van der Waals surface area (Å²) in [7, 11) is 0. The summed E-state index contributed by atoms with van der Waals surface area (Å²) >= 11 is 0. The number of imidazole rings is 1. The van der Waals surface area contributed by atoms with Crippen molar-refractivity contribution in [2.45, 2.75) is 19.0 Å². The summed E-state index contributed by atoms with van der Waals surface area (Å²) in [6.45, 7) is 2.61. The fraction of sp³-hybridized carbons (Fsp3) is 0.250. The molecule has 0 saturated carbocycles. The van der Waals surface area contributed by atoms with Crippen molar-refractivity contribution >= 4 is 28.5 Å². The van der Waals surface area contributed by atoms with Gasteiger partial charge in [-0.15, -0.1) is 0 Å². The molecule has 10 nitrogen and oxygen atoms in total. The number of H-pyrrole nitrogens is 1. The first kappa shape index (κ1) is 19.1. The smallest absolute Gasteiger partial charge is 0.255 e. The molecule has 1 aliphatic heterocycles. The first-order valence-corrected chi connectivity index (χ1v) is 9.72. The minimum Gasteiger partial charge on any atom is -0.344 e. The van der Waals surface area contributed by atoms with E-state index in [4.69, 9.17) is 5.73 Å². The quantitative estimate of drug-likeness (QED) is 0.443. The normalized spacial score (nSPS) is 15.3. The summed E-state index contributed by atoms with van der Waals surface area (Å²) in [6.07, 6.45) is 5.84. The van der Waals surface area contributed by atoms with Crippen LogP contribution in [-0.2, 0) is 4.79 Å². The number of likely N-dealkylation sites (tertiary alicyclic amines) is 1. The number of carbonyl (C=O) groups excluding carboxylic acids is 2. The van der Waals surface area contributed by atoms with Gasteiger partial charge in [0.25, 0.3) is 5.91 Å². The largest absolute Gasteiger partial charge is 0.344 e. The Bertz CT molecular complexity index is 1320. The maximum atomic E-state index is 13.5. The van der Waals surface area contributed by atoms with Crippen molar-refractivity contribution in [3.05, 3.63) is 48.4 Å². The van der Waals surface area contributed by atoms with Crippen LogP contribution in [0.4, 0.5) is 4.39 Å². The fourth-order valence-electron chi connectivity index (χ4n) is 3.65. The number of halogens is 1. The summed E-state index contributed by atoms with van der Waals surface area (Å²) in [6, 6.07) is 2.23. The third kappa shape index (κ3) is 3.28. The average Bonchev–Trinajstić information content (AvgIpc) is 3.33. The molecule has 2 amide bonds. The van der Waals surface area contributed by atoms with Crippen LogP contribution >= 0.6 is 0 Å². The van der Waals surface area contributed by atoms with Gasteiger partial charge < -0.3 is 25.3 Å². The van der Waals surface area contributed by atoms with E-state index in [0.717, 1.165) is 0 Å². The molecule has 0 aliphatic carbocycles. The lowest BCUT2D eigenvalue weighted by Gasteiger charge is -2.38. The van der Waals surface area contributed by atoms with Crippen LogP contribution in [-0.4, -0.2) is 66.2 Å². The molecule has 0 radical (unpaired) electrons. The summed E-state index contributed by atoms with van der Waals surface area (Å²) in [5.74, 6) is -1.01. The van der Waals surface area contributed by atoms with Crippen molar-refractivity contribution in [3.63, 3.8) is 0 Å². The molecule has 4 aromatic rings. The first-order chi connectivity index (χ1) is 14.9. The van der Waals surface area contributed by atoms with Crippen molar-refractivity contribution in [1.82, 2.24) is 34.6 Å². The van der Waals surface area contributed by atoms with E-state index in [1.807, 2.05) is 0 Å². The van der Waals surface area contributed by atoms with Gasteiger partial charge in [0.2, 0.25) is 5.91 Å². The van der Waals surface area contributed by atoms with Crippen LogP contribution in [0.5, 0.6) is 0 Å². The Morgan fingerprint density at radius 1 is 1.32 bits per heavy atom. The zero-order valence-corrected chi connectivity index (χ0v) is 16.5. The number of nitrogens with zero attached hydrogens (tertiary/aromatic N) is 5. The summed E-state index contributed by atoms with van der Waals surface area (Å²) in [4.78, 5) is 42.9. The van der Waals surface area contributed by atoms with Gasteiger partial charge in [0.15, 0.2) is 5.65 Å². The van der Waals surface area contributed by atoms with E-state index < -0.39 is 11.9 Å². The summed E-state index contributed by atoms with van der Waals surface area (Å²) in [5.41, 5.74) is 8.37. The molecule has 1 fully saturated rings. The number of fused-ring (bicyclic) bond motifs is 2. The second-order valence-corrected chi connectivity index (χ2v) is 7.59. The Labute approximate surface area is 175 Å². The highest BCUT2D eigenvalue weighted by Crippen LogP contribution is 2.24. The van der Waals surface area contributed by atoms with Gasteiger partial charge in [0.1, 0.15) is 35.1 Å². The second-order valence-electron chi connectivity index (χ2n) is 7.59. The molecular weight excluding hydrogens is 403 g/mol. The Morgan fingerprint density at radius 2 is 2.13 bits per heavy atom. The molecule has 11 heteroatoms. The lowest BCUT2D eigenvalue weighted by molar-refractivity contribution is -0.137. The summed E-state index contributed by atoms with van der Waals surface area (Å²) < 4.78 is 15.0. The molecule has 0 spiro atoms. The van der Waals surface area contributed by atoms with E-state index >= 15 is 0 Å². The Hall–Kier alpha value is -3.86. The van der Waals surface area contributed by atoms with Crippen LogP contribution in [0.2, 0.25) is 0 Å². The molecule has 1 saturated heterocycles. The number of rotatable bonds is 4. The third-order valence-corrected chi connectivity index (χ3v) is 5.30. The van der Waals surface area contributed by atoms with Crippen LogP contribution in [0.3, 0.4) is 0 Å². The van der Waals surface area contributed by atoms with Gasteiger partial charge in [-0.05, 0) is 19.1 Å². The molecule has 1 aliphatic rings. The zero-order chi connectivity index (χ0) is 21.7.